The van der Waals surface area contributed by atoms with Crippen LogP contribution in [0.1, 0.15) is 19.8 Å². The zero-order chi connectivity index (χ0) is 8.15. The molecule has 0 aromatic heterocycles. The Morgan fingerprint density at radius 3 is 2.50 bits per heavy atom. The van der Waals surface area contributed by atoms with E-state index in [2.05, 4.69) is 6.58 Å². The number of hydrogen-bond acceptors (Lipinski definition) is 2. The lowest BCUT2D eigenvalue weighted by atomic mass is 10.2. The molecule has 0 aliphatic carbocycles. The van der Waals surface area contributed by atoms with E-state index < -0.39 is 5.91 Å². The summed E-state index contributed by atoms with van der Waals surface area (Å²) in [6.07, 6.45) is 1.52. The van der Waals surface area contributed by atoms with Gasteiger partial charge in [-0.2, -0.15) is 0 Å². The molecule has 1 amide bonds. The molecule has 0 bridgehead atoms. The van der Waals surface area contributed by atoms with Crippen molar-refractivity contribution in [2.24, 2.45) is 0 Å². The zero-order valence-corrected chi connectivity index (χ0v) is 6.42. The third-order valence-electron chi connectivity index (χ3n) is 1.15. The van der Waals surface area contributed by atoms with Crippen LogP contribution in [0.5, 0.6) is 0 Å². The van der Waals surface area contributed by atoms with Gasteiger partial charge in [-0.3, -0.25) is 10.0 Å². The number of carbonyl (C=O) groups is 1. The fraction of sp³-hybridized carbons (Fsp3) is 0.571. The van der Waals surface area contributed by atoms with Crippen LogP contribution in [0.3, 0.4) is 0 Å². The van der Waals surface area contributed by atoms with Crippen molar-refractivity contribution in [3.63, 3.8) is 0 Å². The van der Waals surface area contributed by atoms with Crippen molar-refractivity contribution in [2.75, 3.05) is 7.05 Å². The Morgan fingerprint density at radius 1 is 1.70 bits per heavy atom. The van der Waals surface area contributed by atoms with E-state index in [1.807, 2.05) is 6.92 Å². The van der Waals surface area contributed by atoms with Gasteiger partial charge in [-0.1, -0.05) is 19.9 Å². The first-order valence-electron chi connectivity index (χ1n) is 3.24. The molecule has 0 atom stereocenters. The molecule has 0 saturated heterocycles. The van der Waals surface area contributed by atoms with Crippen molar-refractivity contribution in [3.05, 3.63) is 12.2 Å². The Balaban J connectivity index is 3.83. The molecule has 0 radical (unpaired) electrons. The number of carbonyl (C=O) groups excluding carboxylic acids is 1. The number of rotatable bonds is 3. The van der Waals surface area contributed by atoms with Gasteiger partial charge in [0.15, 0.2) is 0 Å². The lowest BCUT2D eigenvalue weighted by Crippen LogP contribution is -2.23. The van der Waals surface area contributed by atoms with Crippen LogP contribution in [0.25, 0.3) is 0 Å². The number of hydrogen-bond donors (Lipinski definition) is 1. The van der Waals surface area contributed by atoms with Crippen LogP contribution >= 0.6 is 0 Å². The Kier molecular flexibility index (Phi) is 3.72. The molecule has 1 N–H and O–H groups in total. The minimum absolute atomic E-state index is 0.401. The van der Waals surface area contributed by atoms with Gasteiger partial charge in [-0.25, -0.2) is 5.06 Å². The second-order valence-corrected chi connectivity index (χ2v) is 2.18. The molecule has 0 unspecified atom stereocenters. The highest BCUT2D eigenvalue weighted by Crippen LogP contribution is 2.03. The highest BCUT2D eigenvalue weighted by Gasteiger charge is 2.08. The van der Waals surface area contributed by atoms with E-state index in [-0.39, 0.29) is 0 Å². The third-order valence-corrected chi connectivity index (χ3v) is 1.15. The van der Waals surface area contributed by atoms with Gasteiger partial charge < -0.3 is 0 Å². The molecule has 0 rings (SSSR count). The summed E-state index contributed by atoms with van der Waals surface area (Å²) < 4.78 is 0. The molecule has 0 aliphatic rings. The van der Waals surface area contributed by atoms with Crippen molar-refractivity contribution in [1.82, 2.24) is 5.06 Å². The summed E-state index contributed by atoms with van der Waals surface area (Å²) in [6.45, 7) is 5.47. The predicted molar refractivity (Wildman–Crippen MR) is 38.6 cm³/mol. The lowest BCUT2D eigenvalue weighted by Gasteiger charge is -2.08. The van der Waals surface area contributed by atoms with Crippen LogP contribution in [-0.4, -0.2) is 23.2 Å². The first-order valence-corrected chi connectivity index (χ1v) is 3.24. The second-order valence-electron chi connectivity index (χ2n) is 2.18. The van der Waals surface area contributed by atoms with Crippen molar-refractivity contribution in [2.45, 2.75) is 19.8 Å². The molecule has 0 aliphatic heterocycles. The summed E-state index contributed by atoms with van der Waals surface area (Å²) >= 11 is 0. The maximum Gasteiger partial charge on any atom is 0.272 e. The van der Waals surface area contributed by atoms with Crippen molar-refractivity contribution >= 4 is 5.91 Å². The van der Waals surface area contributed by atoms with Gasteiger partial charge in [0, 0.05) is 12.6 Å². The third kappa shape index (κ3) is 2.64. The fourth-order valence-electron chi connectivity index (χ4n) is 0.638. The maximum absolute atomic E-state index is 10.8. The monoisotopic (exact) mass is 143 g/mol. The summed E-state index contributed by atoms with van der Waals surface area (Å²) in [5, 5.41) is 9.19. The van der Waals surface area contributed by atoms with E-state index in [0.29, 0.717) is 17.1 Å². The molecule has 3 heteroatoms. The molecule has 0 saturated carbocycles. The molecule has 3 nitrogen and oxygen atoms in total. The van der Waals surface area contributed by atoms with Crippen LogP contribution in [0, 0.1) is 0 Å². The van der Waals surface area contributed by atoms with Crippen LogP contribution < -0.4 is 0 Å². The number of likely N-dealkylation sites (N-methyl/N-ethyl adjacent to an activating group) is 1. The van der Waals surface area contributed by atoms with Gasteiger partial charge in [0.1, 0.15) is 0 Å². The van der Waals surface area contributed by atoms with Crippen molar-refractivity contribution in [1.29, 1.82) is 0 Å². The molecular weight excluding hydrogens is 130 g/mol. The first kappa shape index (κ1) is 9.17. The van der Waals surface area contributed by atoms with Gasteiger partial charge in [0.2, 0.25) is 0 Å². The number of nitrogens with zero attached hydrogens (tertiary/aromatic N) is 1. The topological polar surface area (TPSA) is 40.5 Å². The van der Waals surface area contributed by atoms with Gasteiger partial charge >= 0.3 is 0 Å². The maximum atomic E-state index is 10.8. The molecule has 0 heterocycles. The lowest BCUT2D eigenvalue weighted by molar-refractivity contribution is -0.154. The van der Waals surface area contributed by atoms with Crippen LogP contribution in [0.2, 0.25) is 0 Å². The van der Waals surface area contributed by atoms with E-state index in [4.69, 9.17) is 5.21 Å². The standard InChI is InChI=1S/C7H13NO2/c1-4-5-6(2)7(9)8(3)10/h10H,2,4-5H2,1,3H3. The quantitative estimate of drug-likeness (QED) is 0.366. The Hall–Kier alpha value is -0.830. The first-order chi connectivity index (χ1) is 4.59. The molecule has 10 heavy (non-hydrogen) atoms. The average Bonchev–Trinajstić information content (AvgIpc) is 1.87. The average molecular weight is 143 g/mol. The normalized spacial score (nSPS) is 9.10. The van der Waals surface area contributed by atoms with E-state index in [1.165, 1.54) is 7.05 Å². The van der Waals surface area contributed by atoms with Crippen molar-refractivity contribution < 1.29 is 10.0 Å². The van der Waals surface area contributed by atoms with E-state index in [1.54, 1.807) is 0 Å². The van der Waals surface area contributed by atoms with Crippen LogP contribution in [-0.2, 0) is 4.79 Å². The van der Waals surface area contributed by atoms with Gasteiger partial charge in [0.05, 0.1) is 0 Å². The predicted octanol–water partition coefficient (Wildman–Crippen LogP) is 1.19. The Bertz CT molecular complexity index is 141. The van der Waals surface area contributed by atoms with E-state index >= 15 is 0 Å². The Morgan fingerprint density at radius 2 is 2.20 bits per heavy atom. The highest BCUT2D eigenvalue weighted by molar-refractivity contribution is 5.91. The fourth-order valence-corrected chi connectivity index (χ4v) is 0.638. The summed E-state index contributed by atoms with van der Waals surface area (Å²) in [6, 6.07) is 0. The molecule has 58 valence electrons. The molecular formula is C7H13NO2. The van der Waals surface area contributed by atoms with Crippen molar-refractivity contribution in [3.8, 4) is 0 Å². The van der Waals surface area contributed by atoms with Crippen LogP contribution in [0.15, 0.2) is 12.2 Å². The van der Waals surface area contributed by atoms with E-state index in [9.17, 15) is 4.79 Å². The summed E-state index contributed by atoms with van der Waals surface area (Å²) in [5.41, 5.74) is 0.451. The molecule has 0 aromatic carbocycles. The van der Waals surface area contributed by atoms with E-state index in [0.717, 1.165) is 6.42 Å². The molecule has 0 aromatic rings. The number of amides is 1. The number of hydroxylamine groups is 2. The molecule has 0 fully saturated rings. The zero-order valence-electron chi connectivity index (χ0n) is 6.42. The highest BCUT2D eigenvalue weighted by atomic mass is 16.5. The van der Waals surface area contributed by atoms with Gasteiger partial charge in [-0.05, 0) is 6.42 Å². The smallest absolute Gasteiger partial charge is 0.272 e. The van der Waals surface area contributed by atoms with Gasteiger partial charge in [-0.15, -0.1) is 0 Å². The largest absolute Gasteiger partial charge is 0.286 e. The summed E-state index contributed by atoms with van der Waals surface area (Å²) in [4.78, 5) is 10.8. The second kappa shape index (κ2) is 4.06. The SMILES string of the molecule is C=C(CCC)C(=O)N(C)O. The summed E-state index contributed by atoms with van der Waals surface area (Å²) in [5.74, 6) is -0.401. The van der Waals surface area contributed by atoms with Crippen LogP contribution in [0.4, 0.5) is 0 Å². The molecule has 0 spiro atoms. The Labute approximate surface area is 60.9 Å². The van der Waals surface area contributed by atoms with Gasteiger partial charge in [0.25, 0.3) is 5.91 Å². The minimum atomic E-state index is -0.401. The minimum Gasteiger partial charge on any atom is -0.286 e. The summed E-state index contributed by atoms with van der Waals surface area (Å²) in [7, 11) is 1.29.